The third-order valence-electron chi connectivity index (χ3n) is 6.03. The number of aromatic nitrogens is 5. The van der Waals surface area contributed by atoms with Crippen molar-refractivity contribution in [3.63, 3.8) is 0 Å². The van der Waals surface area contributed by atoms with Crippen molar-refractivity contribution in [2.75, 3.05) is 36.5 Å². The van der Waals surface area contributed by atoms with Gasteiger partial charge in [0.2, 0.25) is 5.95 Å². The highest BCUT2D eigenvalue weighted by molar-refractivity contribution is 5.90. The van der Waals surface area contributed by atoms with E-state index in [1.165, 1.54) is 12.8 Å². The standard InChI is InChI=1S/C22H30N8O/c1-4-31-11-10-30-20-19(15(3)28-30)26-22(29-12-16-8-9-17(13-29)24-16)27-21(20)25-18-7-5-6-14(2)23-18/h5-7,16-17,24H,4,8-13H2,1-3H3,(H,23,25,26,27). The monoisotopic (exact) mass is 422 g/mol. The smallest absolute Gasteiger partial charge is 0.228 e. The first-order valence-electron chi connectivity index (χ1n) is 11.1. The molecule has 0 radical (unpaired) electrons. The predicted octanol–water partition coefficient (Wildman–Crippen LogP) is 2.56. The molecule has 3 aromatic rings. The van der Waals surface area contributed by atoms with E-state index in [9.17, 15) is 0 Å². The molecule has 3 aromatic heterocycles. The van der Waals surface area contributed by atoms with Crippen LogP contribution in [-0.4, -0.2) is 63.1 Å². The minimum Gasteiger partial charge on any atom is -0.380 e. The summed E-state index contributed by atoms with van der Waals surface area (Å²) in [4.78, 5) is 16.9. The third kappa shape index (κ3) is 4.07. The molecule has 9 nitrogen and oxygen atoms in total. The van der Waals surface area contributed by atoms with Crippen molar-refractivity contribution in [3.05, 3.63) is 29.6 Å². The Morgan fingerprint density at radius 3 is 2.68 bits per heavy atom. The van der Waals surface area contributed by atoms with Crippen molar-refractivity contribution in [2.24, 2.45) is 0 Å². The van der Waals surface area contributed by atoms with Crippen LogP contribution in [-0.2, 0) is 11.3 Å². The first-order valence-corrected chi connectivity index (χ1v) is 11.1. The fraction of sp³-hybridized carbons (Fsp3) is 0.545. The molecule has 0 spiro atoms. The minimum atomic E-state index is 0.517. The Morgan fingerprint density at radius 2 is 1.94 bits per heavy atom. The predicted molar refractivity (Wildman–Crippen MR) is 121 cm³/mol. The van der Waals surface area contributed by atoms with E-state index in [1.54, 1.807) is 0 Å². The lowest BCUT2D eigenvalue weighted by Gasteiger charge is -2.33. The molecule has 9 heteroatoms. The maximum Gasteiger partial charge on any atom is 0.228 e. The number of aryl methyl sites for hydroxylation is 2. The van der Waals surface area contributed by atoms with Gasteiger partial charge >= 0.3 is 0 Å². The Hall–Kier alpha value is -2.78. The van der Waals surface area contributed by atoms with Crippen LogP contribution in [0.3, 0.4) is 0 Å². The molecule has 2 saturated heterocycles. The summed E-state index contributed by atoms with van der Waals surface area (Å²) >= 11 is 0. The number of nitrogens with zero attached hydrogens (tertiary/aromatic N) is 6. The SMILES string of the molecule is CCOCCn1nc(C)c2nc(N3CC4CCC(C3)N4)nc(Nc3cccc(C)n3)c21. The van der Waals surface area contributed by atoms with E-state index in [4.69, 9.17) is 19.8 Å². The van der Waals surface area contributed by atoms with Crippen molar-refractivity contribution in [1.29, 1.82) is 0 Å². The van der Waals surface area contributed by atoms with Gasteiger partial charge < -0.3 is 20.3 Å². The molecule has 2 aliphatic rings. The Labute approximate surface area is 182 Å². The molecule has 5 rings (SSSR count). The molecule has 0 aromatic carbocycles. The van der Waals surface area contributed by atoms with Gasteiger partial charge in [-0.2, -0.15) is 10.1 Å². The largest absolute Gasteiger partial charge is 0.380 e. The zero-order valence-corrected chi connectivity index (χ0v) is 18.4. The topological polar surface area (TPSA) is 93.0 Å². The van der Waals surface area contributed by atoms with Gasteiger partial charge in [0.15, 0.2) is 5.82 Å². The number of ether oxygens (including phenoxy) is 1. The number of fused-ring (bicyclic) bond motifs is 3. The lowest BCUT2D eigenvalue weighted by Crippen LogP contribution is -2.51. The average Bonchev–Trinajstić information content (AvgIpc) is 3.26. The van der Waals surface area contributed by atoms with E-state index in [0.29, 0.717) is 31.8 Å². The number of rotatable bonds is 7. The van der Waals surface area contributed by atoms with Crippen LogP contribution in [0.1, 0.15) is 31.2 Å². The van der Waals surface area contributed by atoms with E-state index in [-0.39, 0.29) is 0 Å². The van der Waals surface area contributed by atoms with Crippen molar-refractivity contribution in [3.8, 4) is 0 Å². The molecule has 2 aliphatic heterocycles. The Bertz CT molecular complexity index is 1070. The highest BCUT2D eigenvalue weighted by Gasteiger charge is 2.34. The summed E-state index contributed by atoms with van der Waals surface area (Å²) in [6.07, 6.45) is 2.44. The van der Waals surface area contributed by atoms with Crippen molar-refractivity contribution in [1.82, 2.24) is 30.0 Å². The zero-order valence-electron chi connectivity index (χ0n) is 18.4. The number of anilines is 3. The van der Waals surface area contributed by atoms with Crippen LogP contribution < -0.4 is 15.5 Å². The zero-order chi connectivity index (χ0) is 21.4. The number of hydrogen-bond donors (Lipinski definition) is 2. The maximum atomic E-state index is 5.57. The minimum absolute atomic E-state index is 0.517. The van der Waals surface area contributed by atoms with E-state index in [0.717, 1.165) is 53.1 Å². The quantitative estimate of drug-likeness (QED) is 0.561. The van der Waals surface area contributed by atoms with Crippen molar-refractivity contribution < 1.29 is 4.74 Å². The summed E-state index contributed by atoms with van der Waals surface area (Å²) in [5, 5.41) is 11.9. The van der Waals surface area contributed by atoms with Crippen LogP contribution in [0, 0.1) is 13.8 Å². The molecule has 0 aliphatic carbocycles. The van der Waals surface area contributed by atoms with Crippen LogP contribution in [0.2, 0.25) is 0 Å². The second-order valence-corrected chi connectivity index (χ2v) is 8.41. The van der Waals surface area contributed by atoms with Crippen LogP contribution in [0.25, 0.3) is 11.0 Å². The van der Waals surface area contributed by atoms with Gasteiger partial charge in [-0.3, -0.25) is 4.68 Å². The van der Waals surface area contributed by atoms with E-state index < -0.39 is 0 Å². The van der Waals surface area contributed by atoms with Gasteiger partial charge in [0.05, 0.1) is 18.8 Å². The summed E-state index contributed by atoms with van der Waals surface area (Å²) in [5.74, 6) is 2.26. The van der Waals surface area contributed by atoms with E-state index in [2.05, 4.69) is 20.5 Å². The summed E-state index contributed by atoms with van der Waals surface area (Å²) in [7, 11) is 0. The molecule has 2 fully saturated rings. The Morgan fingerprint density at radius 1 is 1.13 bits per heavy atom. The highest BCUT2D eigenvalue weighted by atomic mass is 16.5. The number of nitrogens with one attached hydrogen (secondary N) is 2. The molecular weight excluding hydrogens is 392 g/mol. The van der Waals surface area contributed by atoms with Gasteiger partial charge in [-0.25, -0.2) is 9.97 Å². The fourth-order valence-corrected chi connectivity index (χ4v) is 4.60. The molecule has 2 bridgehead atoms. The highest BCUT2D eigenvalue weighted by Crippen LogP contribution is 2.30. The second kappa shape index (κ2) is 8.39. The third-order valence-corrected chi connectivity index (χ3v) is 6.03. The summed E-state index contributed by atoms with van der Waals surface area (Å²) in [5.41, 5.74) is 3.62. The number of piperazine rings is 1. The molecule has 2 N–H and O–H groups in total. The van der Waals surface area contributed by atoms with Gasteiger partial charge in [-0.05, 0) is 45.7 Å². The Kier molecular flexibility index (Phi) is 5.45. The van der Waals surface area contributed by atoms with Gasteiger partial charge in [0.25, 0.3) is 0 Å². The van der Waals surface area contributed by atoms with Gasteiger partial charge in [-0.1, -0.05) is 6.07 Å². The molecular formula is C22H30N8O. The van der Waals surface area contributed by atoms with Crippen LogP contribution >= 0.6 is 0 Å². The molecule has 0 saturated carbocycles. The molecule has 164 valence electrons. The lowest BCUT2D eigenvalue weighted by atomic mass is 10.2. The molecule has 0 amide bonds. The first kappa shape index (κ1) is 20.1. The van der Waals surface area contributed by atoms with Crippen LogP contribution in [0.4, 0.5) is 17.6 Å². The maximum absolute atomic E-state index is 5.57. The molecule has 31 heavy (non-hydrogen) atoms. The molecule has 2 unspecified atom stereocenters. The van der Waals surface area contributed by atoms with E-state index in [1.807, 2.05) is 43.7 Å². The van der Waals surface area contributed by atoms with Crippen LogP contribution in [0.15, 0.2) is 18.2 Å². The van der Waals surface area contributed by atoms with E-state index >= 15 is 0 Å². The molecule has 2 atom stereocenters. The second-order valence-electron chi connectivity index (χ2n) is 8.41. The fourth-order valence-electron chi connectivity index (χ4n) is 4.60. The van der Waals surface area contributed by atoms with Gasteiger partial charge in [0.1, 0.15) is 16.9 Å². The van der Waals surface area contributed by atoms with Crippen molar-refractivity contribution >= 4 is 28.6 Å². The molecule has 5 heterocycles. The number of pyridine rings is 1. The van der Waals surface area contributed by atoms with Crippen molar-refractivity contribution in [2.45, 2.75) is 52.2 Å². The van der Waals surface area contributed by atoms with Gasteiger partial charge in [-0.15, -0.1) is 0 Å². The van der Waals surface area contributed by atoms with Crippen LogP contribution in [0.5, 0.6) is 0 Å². The first-order chi connectivity index (χ1) is 15.1. The average molecular weight is 423 g/mol. The normalized spacial score (nSPS) is 20.5. The lowest BCUT2D eigenvalue weighted by molar-refractivity contribution is 0.137. The Balaban J connectivity index is 1.57. The number of hydrogen-bond acceptors (Lipinski definition) is 8. The summed E-state index contributed by atoms with van der Waals surface area (Å²) in [6.45, 7) is 9.78. The summed E-state index contributed by atoms with van der Waals surface area (Å²) < 4.78 is 7.52. The van der Waals surface area contributed by atoms with Gasteiger partial charge in [0, 0.05) is 37.5 Å². The summed E-state index contributed by atoms with van der Waals surface area (Å²) in [6, 6.07) is 6.97.